The van der Waals surface area contributed by atoms with E-state index in [0.29, 0.717) is 52.7 Å². The van der Waals surface area contributed by atoms with Crippen LogP contribution in [0.2, 0.25) is 0 Å². The largest absolute Gasteiger partial charge is 0.379 e. The van der Waals surface area contributed by atoms with Crippen molar-refractivity contribution in [1.29, 1.82) is 0 Å². The highest BCUT2D eigenvalue weighted by Gasteiger charge is 1.94. The number of hydrogen-bond donors (Lipinski definition) is 0. The molecule has 0 saturated carbocycles. The topological polar surface area (TPSA) is 54.0 Å². The van der Waals surface area contributed by atoms with E-state index >= 15 is 0 Å². The van der Waals surface area contributed by atoms with E-state index in [1.165, 1.54) is 7.40 Å². The number of ether oxygens (including phenoxy) is 4. The zero-order chi connectivity index (χ0) is 16.2. The fraction of sp³-hybridized carbons (Fsp3) is 0.929. The van der Waals surface area contributed by atoms with Crippen LogP contribution in [-0.2, 0) is 23.7 Å². The fourth-order valence-corrected chi connectivity index (χ4v) is 1.40. The van der Waals surface area contributed by atoms with Crippen LogP contribution >= 0.6 is 11.8 Å². The monoisotopic (exact) mass is 311 g/mol. The van der Waals surface area contributed by atoms with Gasteiger partial charge in [0.1, 0.15) is 5.78 Å². The Morgan fingerprint density at radius 2 is 1.30 bits per heavy atom. The maximum atomic E-state index is 10.6. The van der Waals surface area contributed by atoms with Gasteiger partial charge in [-0.3, -0.25) is 4.79 Å². The van der Waals surface area contributed by atoms with Crippen LogP contribution in [0.5, 0.6) is 0 Å². The second-order valence-corrected chi connectivity index (χ2v) is 4.88. The highest BCUT2D eigenvalue weighted by Crippen LogP contribution is 1.90. The van der Waals surface area contributed by atoms with Crippen molar-refractivity contribution < 1.29 is 25.1 Å². The zero-order valence-electron chi connectivity index (χ0n) is 14.0. The van der Waals surface area contributed by atoms with Crippen molar-refractivity contribution in [3.8, 4) is 0 Å². The highest BCUT2D eigenvalue weighted by molar-refractivity contribution is 7.98. The Balaban J connectivity index is 0. The summed E-state index contributed by atoms with van der Waals surface area (Å²) in [4.78, 5) is 10.6. The molecule has 0 N–H and O–H groups in total. The van der Waals surface area contributed by atoms with E-state index in [4.69, 9.17) is 20.3 Å². The summed E-state index contributed by atoms with van der Waals surface area (Å²) in [5.74, 6) is 1.17. The summed E-state index contributed by atoms with van der Waals surface area (Å²) in [5, 5.41) is 0. The van der Waals surface area contributed by atoms with E-state index in [0.717, 1.165) is 12.4 Å². The first kappa shape index (κ1) is 19.9. The molecule has 6 heteroatoms. The van der Waals surface area contributed by atoms with Crippen molar-refractivity contribution >= 4 is 17.5 Å². The lowest BCUT2D eigenvalue weighted by Gasteiger charge is -2.07. The second kappa shape index (κ2) is 18.9. The third kappa shape index (κ3) is 20.2. The van der Waals surface area contributed by atoms with Gasteiger partial charge in [0.2, 0.25) is 0 Å². The molecule has 0 amide bonds. The molecule has 0 rings (SSSR count). The number of carbonyl (C=O) groups is 1. The van der Waals surface area contributed by atoms with Crippen molar-refractivity contribution in [2.24, 2.45) is 0 Å². The smallest absolute Gasteiger partial charge is 0.132 e. The number of rotatable bonds is 15. The predicted octanol–water partition coefficient (Wildman–Crippen LogP) is 2.03. The van der Waals surface area contributed by atoms with E-state index in [-0.39, 0.29) is 5.78 Å². The van der Waals surface area contributed by atoms with Crippen LogP contribution in [0.25, 0.3) is 0 Å². The van der Waals surface area contributed by atoms with Crippen LogP contribution in [-0.4, -0.2) is 70.6 Å². The van der Waals surface area contributed by atoms with E-state index in [2.05, 4.69) is 6.26 Å². The first-order valence-electron chi connectivity index (χ1n) is 7.56. The molecule has 0 aromatic carbocycles. The SMILES string of the molecule is CSCCOCCOCCOCCOCCC(C)=O.[2H]C. The molecular formula is C14H30O5S. The maximum Gasteiger partial charge on any atom is 0.132 e. The van der Waals surface area contributed by atoms with Gasteiger partial charge < -0.3 is 18.9 Å². The van der Waals surface area contributed by atoms with Gasteiger partial charge >= 0.3 is 0 Å². The summed E-state index contributed by atoms with van der Waals surface area (Å²) in [5.41, 5.74) is 0. The van der Waals surface area contributed by atoms with Crippen LogP contribution in [0.3, 0.4) is 0 Å². The number of hydrogen-bond acceptors (Lipinski definition) is 6. The first-order chi connectivity index (χ1) is 10.3. The molecule has 0 spiro atoms. The summed E-state index contributed by atoms with van der Waals surface area (Å²) >= 11 is 1.77. The van der Waals surface area contributed by atoms with E-state index in [1.807, 2.05) is 0 Å². The third-order valence-corrected chi connectivity index (χ3v) is 2.72. The number of thioether (sulfide) groups is 1. The molecule has 0 aliphatic heterocycles. The molecule has 20 heavy (non-hydrogen) atoms. The standard InChI is InChI=1S/C13H26O5S.CH4/c1-13(14)3-4-15-5-6-16-7-8-17-9-10-18-11-12-19-2;/h3-12H2,1-2H3;1H4/i;1D. The molecule has 0 fully saturated rings. The minimum absolute atomic E-state index is 0.147. The molecule has 5 nitrogen and oxygen atoms in total. The van der Waals surface area contributed by atoms with E-state index < -0.39 is 0 Å². The fourth-order valence-electron chi connectivity index (χ4n) is 1.12. The lowest BCUT2D eigenvalue weighted by atomic mass is 10.3. The van der Waals surface area contributed by atoms with Gasteiger partial charge in [0, 0.05) is 13.5 Å². The maximum absolute atomic E-state index is 10.6. The average molecular weight is 311 g/mol. The van der Waals surface area contributed by atoms with Gasteiger partial charge in [0.05, 0.1) is 52.9 Å². The van der Waals surface area contributed by atoms with Gasteiger partial charge in [-0.1, -0.05) is 7.40 Å². The van der Waals surface area contributed by atoms with Crippen molar-refractivity contribution in [3.63, 3.8) is 0 Å². The van der Waals surface area contributed by atoms with Crippen LogP contribution in [0.1, 0.15) is 22.1 Å². The van der Waals surface area contributed by atoms with E-state index in [1.54, 1.807) is 18.7 Å². The third-order valence-electron chi connectivity index (χ3n) is 2.15. The molecule has 0 aromatic rings. The van der Waals surface area contributed by atoms with Crippen molar-refractivity contribution in [2.75, 3.05) is 64.9 Å². The van der Waals surface area contributed by atoms with Gasteiger partial charge in [-0.25, -0.2) is 0 Å². The average Bonchev–Trinajstić information content (AvgIpc) is 2.49. The van der Waals surface area contributed by atoms with Crippen molar-refractivity contribution in [1.82, 2.24) is 0 Å². The molecule has 0 saturated heterocycles. The molecule has 0 aliphatic carbocycles. The summed E-state index contributed by atoms with van der Waals surface area (Å²) in [6, 6.07) is 0. The Labute approximate surface area is 129 Å². The minimum Gasteiger partial charge on any atom is -0.379 e. The van der Waals surface area contributed by atoms with Crippen molar-refractivity contribution in [2.45, 2.75) is 20.7 Å². The van der Waals surface area contributed by atoms with Crippen LogP contribution in [0, 0.1) is 0 Å². The van der Waals surface area contributed by atoms with Gasteiger partial charge in [-0.05, 0) is 13.2 Å². The van der Waals surface area contributed by atoms with Gasteiger partial charge in [0.15, 0.2) is 0 Å². The number of ketones is 1. The Morgan fingerprint density at radius 1 is 0.900 bits per heavy atom. The quantitative estimate of drug-likeness (QED) is 0.431. The molecule has 0 aliphatic rings. The molecule has 0 atom stereocenters. The lowest BCUT2D eigenvalue weighted by molar-refractivity contribution is -0.118. The molecule has 122 valence electrons. The second-order valence-electron chi connectivity index (χ2n) is 3.89. The predicted molar refractivity (Wildman–Crippen MR) is 83.7 cm³/mol. The van der Waals surface area contributed by atoms with Crippen LogP contribution in [0.15, 0.2) is 0 Å². The summed E-state index contributed by atoms with van der Waals surface area (Å²) < 4.78 is 26.9. The lowest BCUT2D eigenvalue weighted by Crippen LogP contribution is -2.12. The van der Waals surface area contributed by atoms with Gasteiger partial charge in [0.25, 0.3) is 0 Å². The normalized spacial score (nSPS) is 10.7. The minimum atomic E-state index is 0.147. The molecule has 0 heterocycles. The number of carbonyl (C=O) groups excluding carboxylic acids is 1. The van der Waals surface area contributed by atoms with Crippen molar-refractivity contribution in [3.05, 3.63) is 0 Å². The summed E-state index contributed by atoms with van der Waals surface area (Å²) in [6.45, 7) is 6.22. The Bertz CT molecular complexity index is 208. The van der Waals surface area contributed by atoms with Gasteiger partial charge in [-0.15, -0.1) is 0 Å². The Morgan fingerprint density at radius 3 is 1.70 bits per heavy atom. The van der Waals surface area contributed by atoms with E-state index in [9.17, 15) is 4.79 Å². The Kier molecular flexibility index (Phi) is 18.7. The van der Waals surface area contributed by atoms with Crippen LogP contribution in [0.4, 0.5) is 0 Å². The molecule has 0 unspecified atom stereocenters. The summed E-state index contributed by atoms with van der Waals surface area (Å²) in [7, 11) is 1.25. The Hall–Kier alpha value is -0.140. The summed E-state index contributed by atoms with van der Waals surface area (Å²) in [6.07, 6.45) is 2.53. The van der Waals surface area contributed by atoms with Gasteiger partial charge in [-0.2, -0.15) is 11.8 Å². The molecular weight excluding hydrogens is 280 g/mol. The first-order valence-corrected chi connectivity index (χ1v) is 7.96. The zero-order valence-corrected chi connectivity index (χ0v) is 13.8. The van der Waals surface area contributed by atoms with Crippen LogP contribution < -0.4 is 0 Å². The highest BCUT2D eigenvalue weighted by atomic mass is 32.2. The molecule has 0 radical (unpaired) electrons. The molecule has 0 bridgehead atoms. The molecule has 0 aromatic heterocycles. The number of Topliss-reactive ketones (excluding diaryl/α,β-unsaturated/α-hetero) is 1.